The average molecular weight is 416 g/mol. The van der Waals surface area contributed by atoms with Crippen LogP contribution in [0.25, 0.3) is 0 Å². The van der Waals surface area contributed by atoms with E-state index in [9.17, 15) is 13.2 Å². The summed E-state index contributed by atoms with van der Waals surface area (Å²) in [4.78, 5) is 12.1. The quantitative estimate of drug-likeness (QED) is 0.725. The zero-order valence-electron chi connectivity index (χ0n) is 12.9. The molecule has 0 radical (unpaired) electrons. The Morgan fingerprint density at radius 2 is 1.96 bits per heavy atom. The summed E-state index contributed by atoms with van der Waals surface area (Å²) in [5.41, 5.74) is 0.0980. The van der Waals surface area contributed by atoms with Gasteiger partial charge in [0, 0.05) is 13.2 Å². The summed E-state index contributed by atoms with van der Waals surface area (Å²) in [7, 11) is -3.75. The van der Waals surface area contributed by atoms with Gasteiger partial charge in [0.1, 0.15) is 6.54 Å². The van der Waals surface area contributed by atoms with Crippen molar-refractivity contribution in [1.82, 2.24) is 5.32 Å². The minimum absolute atomic E-state index is 0.0332. The molecular weight excluding hydrogens is 399 g/mol. The molecule has 0 saturated carbocycles. The highest BCUT2D eigenvalue weighted by atomic mass is 35.5. The lowest BCUT2D eigenvalue weighted by Gasteiger charge is -2.23. The Morgan fingerprint density at radius 3 is 2.54 bits per heavy atom. The van der Waals surface area contributed by atoms with Crippen LogP contribution < -0.4 is 9.62 Å². The molecule has 1 aliphatic heterocycles. The average Bonchev–Trinajstić information content (AvgIpc) is 2.99. The molecule has 1 amide bonds. The van der Waals surface area contributed by atoms with Crippen molar-refractivity contribution in [2.24, 2.45) is 0 Å². The molecule has 6 nitrogen and oxygen atoms in total. The van der Waals surface area contributed by atoms with E-state index in [0.29, 0.717) is 13.2 Å². The van der Waals surface area contributed by atoms with Crippen molar-refractivity contribution in [1.29, 1.82) is 0 Å². The molecule has 1 fully saturated rings. The van der Waals surface area contributed by atoms with Gasteiger partial charge in [-0.3, -0.25) is 9.10 Å². The number of hydrogen-bond donors (Lipinski definition) is 1. The lowest BCUT2D eigenvalue weighted by molar-refractivity contribution is -0.120. The Balaban J connectivity index is 2.14. The molecule has 134 valence electrons. The molecule has 0 aromatic heterocycles. The number of ether oxygens (including phenoxy) is 1. The third kappa shape index (κ3) is 5.13. The van der Waals surface area contributed by atoms with Crippen molar-refractivity contribution in [2.75, 3.05) is 30.3 Å². The number of nitrogens with one attached hydrogen (secondary N) is 1. The Morgan fingerprint density at radius 1 is 1.29 bits per heavy atom. The number of carbonyl (C=O) groups excluding carboxylic acids is 1. The molecular formula is C14H17Cl3N2O4S. The van der Waals surface area contributed by atoms with Crippen molar-refractivity contribution >= 4 is 56.4 Å². The summed E-state index contributed by atoms with van der Waals surface area (Å²) < 4.78 is 30.4. The number of halogens is 3. The summed E-state index contributed by atoms with van der Waals surface area (Å²) in [6, 6.07) is 2.66. The molecule has 0 bridgehead atoms. The van der Waals surface area contributed by atoms with E-state index in [-0.39, 0.29) is 26.9 Å². The highest BCUT2D eigenvalue weighted by Gasteiger charge is 2.25. The highest BCUT2D eigenvalue weighted by molar-refractivity contribution is 7.92. The molecule has 0 aliphatic carbocycles. The minimum Gasteiger partial charge on any atom is -0.376 e. The molecule has 1 aliphatic rings. The van der Waals surface area contributed by atoms with Crippen molar-refractivity contribution < 1.29 is 17.9 Å². The summed E-state index contributed by atoms with van der Waals surface area (Å²) in [6.45, 7) is 0.601. The third-order valence-corrected chi connectivity index (χ3v) is 5.65. The minimum atomic E-state index is -3.75. The van der Waals surface area contributed by atoms with Crippen LogP contribution in [0.15, 0.2) is 12.1 Å². The summed E-state index contributed by atoms with van der Waals surface area (Å²) >= 11 is 17.9. The van der Waals surface area contributed by atoms with E-state index >= 15 is 0 Å². The predicted octanol–water partition coefficient (Wildman–Crippen LogP) is 2.71. The van der Waals surface area contributed by atoms with E-state index in [1.165, 1.54) is 12.1 Å². The molecule has 1 atom stereocenters. The molecule has 1 aromatic rings. The van der Waals surface area contributed by atoms with Gasteiger partial charge < -0.3 is 10.1 Å². The zero-order chi connectivity index (χ0) is 17.9. The van der Waals surface area contributed by atoms with Crippen molar-refractivity contribution in [3.63, 3.8) is 0 Å². The van der Waals surface area contributed by atoms with Gasteiger partial charge in [-0.15, -0.1) is 0 Å². The molecule has 1 saturated heterocycles. The first kappa shape index (κ1) is 19.6. The molecule has 0 spiro atoms. The van der Waals surface area contributed by atoms with Crippen LogP contribution in [0.4, 0.5) is 5.69 Å². The SMILES string of the molecule is CS(=O)(=O)N(CC(=O)NC[C@@H]1CCCO1)c1cc(Cl)c(Cl)cc1Cl. The van der Waals surface area contributed by atoms with Gasteiger partial charge in [-0.25, -0.2) is 8.42 Å². The first-order chi connectivity index (χ1) is 11.2. The zero-order valence-corrected chi connectivity index (χ0v) is 16.0. The van der Waals surface area contributed by atoms with Crippen LogP contribution in [0.5, 0.6) is 0 Å². The van der Waals surface area contributed by atoms with Crippen LogP contribution in [0.2, 0.25) is 15.1 Å². The second kappa shape index (κ2) is 8.10. The number of anilines is 1. The van der Waals surface area contributed by atoms with Crippen LogP contribution in [0.1, 0.15) is 12.8 Å². The maximum Gasteiger partial charge on any atom is 0.240 e. The normalized spacial score (nSPS) is 17.8. The van der Waals surface area contributed by atoms with Crippen molar-refractivity contribution in [3.8, 4) is 0 Å². The Labute approximate surface area is 156 Å². The fourth-order valence-corrected chi connectivity index (χ4v) is 3.86. The first-order valence-corrected chi connectivity index (χ1v) is 10.2. The van der Waals surface area contributed by atoms with Crippen molar-refractivity contribution in [3.05, 3.63) is 27.2 Å². The lowest BCUT2D eigenvalue weighted by Crippen LogP contribution is -2.42. The Bertz CT molecular complexity index is 721. The second-order valence-corrected chi connectivity index (χ2v) is 8.55. The largest absolute Gasteiger partial charge is 0.376 e. The number of sulfonamides is 1. The van der Waals surface area contributed by atoms with Crippen LogP contribution in [-0.4, -0.2) is 46.4 Å². The van der Waals surface area contributed by atoms with Crippen LogP contribution >= 0.6 is 34.8 Å². The van der Waals surface area contributed by atoms with Gasteiger partial charge in [0.15, 0.2) is 0 Å². The molecule has 1 heterocycles. The van der Waals surface area contributed by atoms with E-state index in [0.717, 1.165) is 23.4 Å². The maximum atomic E-state index is 12.1. The fraction of sp³-hybridized carbons (Fsp3) is 0.500. The number of hydrogen-bond acceptors (Lipinski definition) is 4. The Hall–Kier alpha value is -0.730. The monoisotopic (exact) mass is 414 g/mol. The molecule has 0 unspecified atom stereocenters. The van der Waals surface area contributed by atoms with E-state index in [4.69, 9.17) is 39.5 Å². The van der Waals surface area contributed by atoms with Gasteiger partial charge in [-0.2, -0.15) is 0 Å². The molecule has 24 heavy (non-hydrogen) atoms. The number of benzene rings is 1. The second-order valence-electron chi connectivity index (χ2n) is 5.43. The topological polar surface area (TPSA) is 75.7 Å². The standard InChI is InChI=1S/C14H17Cl3N2O4S/c1-24(21,22)19(13-6-11(16)10(15)5-12(13)17)8-14(20)18-7-9-3-2-4-23-9/h5-6,9H,2-4,7-8H2,1H3,(H,18,20)/t9-/m0/s1. The number of rotatable bonds is 6. The van der Waals surface area contributed by atoms with Gasteiger partial charge in [-0.05, 0) is 25.0 Å². The van der Waals surface area contributed by atoms with Crippen LogP contribution in [-0.2, 0) is 19.6 Å². The third-order valence-electron chi connectivity index (χ3n) is 3.50. The van der Waals surface area contributed by atoms with E-state index in [1.807, 2.05) is 0 Å². The Kier molecular flexibility index (Phi) is 6.61. The summed E-state index contributed by atoms with van der Waals surface area (Å²) in [5.74, 6) is -0.460. The molecule has 2 rings (SSSR count). The van der Waals surface area contributed by atoms with Gasteiger partial charge in [0.2, 0.25) is 15.9 Å². The van der Waals surface area contributed by atoms with E-state index < -0.39 is 22.5 Å². The number of nitrogens with zero attached hydrogens (tertiary/aromatic N) is 1. The molecule has 1 aromatic carbocycles. The van der Waals surface area contributed by atoms with Crippen molar-refractivity contribution in [2.45, 2.75) is 18.9 Å². The highest BCUT2D eigenvalue weighted by Crippen LogP contribution is 2.35. The summed E-state index contributed by atoms with van der Waals surface area (Å²) in [5, 5.41) is 3.09. The first-order valence-electron chi connectivity index (χ1n) is 7.19. The fourth-order valence-electron chi connectivity index (χ4n) is 2.30. The van der Waals surface area contributed by atoms with Gasteiger partial charge in [-0.1, -0.05) is 34.8 Å². The summed E-state index contributed by atoms with van der Waals surface area (Å²) in [6.07, 6.45) is 2.78. The number of amides is 1. The van der Waals surface area contributed by atoms with Crippen LogP contribution in [0.3, 0.4) is 0 Å². The predicted molar refractivity (Wildman–Crippen MR) is 95.6 cm³/mol. The van der Waals surface area contributed by atoms with Gasteiger partial charge >= 0.3 is 0 Å². The van der Waals surface area contributed by atoms with E-state index in [1.54, 1.807) is 0 Å². The molecule has 10 heteroatoms. The van der Waals surface area contributed by atoms with Gasteiger partial charge in [0.25, 0.3) is 0 Å². The smallest absolute Gasteiger partial charge is 0.240 e. The molecule has 1 N–H and O–H groups in total. The van der Waals surface area contributed by atoms with Crippen LogP contribution in [0, 0.1) is 0 Å². The number of carbonyl (C=O) groups is 1. The van der Waals surface area contributed by atoms with E-state index in [2.05, 4.69) is 5.32 Å². The maximum absolute atomic E-state index is 12.1. The lowest BCUT2D eigenvalue weighted by atomic mass is 10.2. The van der Waals surface area contributed by atoms with Gasteiger partial charge in [0.05, 0.1) is 33.1 Å².